The van der Waals surface area contributed by atoms with Crippen LogP contribution in [0.2, 0.25) is 0 Å². The number of hydrogen-bond donors (Lipinski definition) is 18. The summed E-state index contributed by atoms with van der Waals surface area (Å²) >= 11 is 0.787. The lowest BCUT2D eigenvalue weighted by Crippen LogP contribution is -2.60. The number of aromatic nitrogens is 5. The Balaban J connectivity index is 1.10. The summed E-state index contributed by atoms with van der Waals surface area (Å²) in [6.07, 6.45) is 6.13. The van der Waals surface area contributed by atoms with Gasteiger partial charge in [-0.2, -0.15) is 0 Å². The number of likely N-dealkylation sites (N-methyl/N-ethyl adjacent to an activating group) is 3. The number of aliphatic hydroxyl groups excluding tert-OH is 2. The summed E-state index contributed by atoms with van der Waals surface area (Å²) in [5.74, 6) is -19.3. The number of unbranched alkanes of at least 4 members (excludes halogenated alkanes) is 2. The average molecular weight is 1890 g/mol. The number of guanidine groups is 1. The SMILES string of the molecule is CCCC[C@H]1C(=O)N(C)[C@@H](CCCC)C(=O)N[C@@H](CCCNC(=N)N)C(=O)N[C@H](C(=O)NCC(N)=O)CSCC(=O)N[C@@H](Cc2ccncc2)C(=O)N(C)[C@@H](C)C(=O)N[C@@H](CC(N)=O)C(=O)N2CCC[C@H]2C(=O)N[C@@H](Cc2cnc[nH]2)C(=O)N[C@@H](CC(C)C)C(=O)N2C[C@H](O)C[C@H]2C(=O)C[C@@H](Cc2c[nH]c3ccccc23)C(=O)N[C@@H](CO)C(=O)C[C@@H](Cc2c[nH]c3ccccc23)C(=O)N1C. The van der Waals surface area contributed by atoms with Gasteiger partial charge in [-0.05, 0) is 112 Å². The number of nitrogens with one attached hydrogen (secondary N) is 13. The smallest absolute Gasteiger partial charge is 0.246 e. The van der Waals surface area contributed by atoms with Gasteiger partial charge in [0, 0.05) is 149 Å². The molecule has 0 radical (unpaired) electrons. The molecule has 7 heterocycles. The third kappa shape index (κ3) is 29.7. The topological polar surface area (TPSA) is 630 Å². The van der Waals surface area contributed by atoms with Gasteiger partial charge in [-0.1, -0.05) is 89.8 Å². The van der Waals surface area contributed by atoms with E-state index in [1.807, 2.05) is 26.0 Å². The number of hydrogen-bond acceptors (Lipinski definition) is 23. The number of carbonyl (C=O) groups is 17. The standard InChI is InChI=1S/C92H129N23O19S/c1-9-11-24-71-85(128)105-64(23-17-29-99-92(95)96)83(126)110-70(82(125)102-45-78(94)121)48-135-49-79(122)104-67(34-53-27-30-97-31-28-53)88(131)111(6)52(5)80(123)107-68(41-77(93)120)89(132)114-32-18-26-72(114)86(129)106-65(39-58-44-98-50-103-58)84(127)108-66(33-51(3)4)90(133)115-46-59(117)40-74(115)76(119)37-54(35-56-42-100-62-21-15-13-19-60(56)62)81(124)109-69(47-116)75(118)38-55(36-57-43-101-63-22-16-14-20-61(57)63)87(130)113(8)73(25-12-10-2)91(134)112(71)7/h13-16,19-22,27-28,30-31,42-44,50-52,54-55,59,64-74,100-101,116-117H,9-12,17-18,23-26,29,32-41,45-49H2,1-8H3,(H2,93,120)(H2,94,121)(H,98,103)(H,102,125)(H,104,122)(H,105,128)(H,106,129)(H,107,123)(H,108,127)(H,109,124)(H,110,126)(H4,95,96,99)/t52-,54+,55+,59+,64-,65-,66-,67-,68-,69-,70-,71-,72-,73-,74-/m0/s1. The molecule has 42 nitrogen and oxygen atoms in total. The molecule has 135 heavy (non-hydrogen) atoms. The second-order valence-corrected chi connectivity index (χ2v) is 36.3. The number of nitrogens with two attached hydrogens (primary N) is 3. The Hall–Kier alpha value is -13.2. The zero-order valence-corrected chi connectivity index (χ0v) is 78.3. The number of carbonyl (C=O) groups excluding carboxylic acids is 17. The molecule has 15 amide bonds. The van der Waals surface area contributed by atoms with E-state index in [0.29, 0.717) is 69.9 Å². The molecule has 15 atom stereocenters. The summed E-state index contributed by atoms with van der Waals surface area (Å²) in [7, 11) is 4.01. The lowest BCUT2D eigenvalue weighted by atomic mass is 9.88. The molecule has 3 aliphatic heterocycles. The van der Waals surface area contributed by atoms with Crippen LogP contribution in [0.5, 0.6) is 0 Å². The van der Waals surface area contributed by atoms with Crippen LogP contribution in [-0.2, 0) is 107 Å². The van der Waals surface area contributed by atoms with Gasteiger partial charge < -0.3 is 115 Å². The number of amides is 15. The second-order valence-electron chi connectivity index (χ2n) is 35.3. The number of para-hydroxylation sites is 2. The number of ketones is 2. The maximum absolute atomic E-state index is 15.8. The minimum atomic E-state index is -1.76. The zero-order valence-electron chi connectivity index (χ0n) is 77.5. The van der Waals surface area contributed by atoms with Gasteiger partial charge in [0.25, 0.3) is 0 Å². The van der Waals surface area contributed by atoms with Crippen molar-refractivity contribution in [3.8, 4) is 0 Å². The minimum absolute atomic E-state index is 0.000265. The van der Waals surface area contributed by atoms with Crippen molar-refractivity contribution < 1.29 is 91.7 Å². The number of imidazole rings is 1. The largest absolute Gasteiger partial charge is 0.394 e. The molecule has 0 aliphatic carbocycles. The number of thioether (sulfide) groups is 1. The van der Waals surface area contributed by atoms with E-state index >= 15 is 38.4 Å². The predicted octanol–water partition coefficient (Wildman–Crippen LogP) is -1.06. The number of H-pyrrole nitrogens is 3. The van der Waals surface area contributed by atoms with E-state index in [0.717, 1.165) is 26.5 Å². The van der Waals surface area contributed by atoms with E-state index in [-0.39, 0.29) is 96.1 Å². The lowest BCUT2D eigenvalue weighted by molar-refractivity contribution is -0.150. The van der Waals surface area contributed by atoms with Crippen molar-refractivity contribution in [3.63, 3.8) is 0 Å². The first-order valence-electron chi connectivity index (χ1n) is 45.7. The van der Waals surface area contributed by atoms with Crippen molar-refractivity contribution in [3.05, 3.63) is 120 Å². The van der Waals surface area contributed by atoms with Gasteiger partial charge in [-0.3, -0.25) is 91.9 Å². The molecule has 4 aromatic heterocycles. The molecule has 3 saturated heterocycles. The Bertz CT molecular complexity index is 5190. The number of fused-ring (bicyclic) bond motifs is 4. The highest BCUT2D eigenvalue weighted by atomic mass is 32.2. The maximum Gasteiger partial charge on any atom is 0.246 e. The van der Waals surface area contributed by atoms with Gasteiger partial charge in [-0.15, -0.1) is 11.8 Å². The number of Topliss-reactive ketones (excluding diaryl/α,β-unsaturated/α-hetero) is 2. The Morgan fingerprint density at radius 3 is 1.78 bits per heavy atom. The number of rotatable bonds is 26. The van der Waals surface area contributed by atoms with Gasteiger partial charge in [-0.25, -0.2) is 4.98 Å². The van der Waals surface area contributed by atoms with Crippen LogP contribution in [-0.4, -0.2) is 310 Å². The molecular weight excluding hydrogens is 1760 g/mol. The van der Waals surface area contributed by atoms with Crippen LogP contribution in [0.1, 0.15) is 153 Å². The molecule has 43 heteroatoms. The van der Waals surface area contributed by atoms with Crippen LogP contribution in [0.25, 0.3) is 21.8 Å². The number of nitrogens with zero attached hydrogens (tertiary/aromatic N) is 7. The van der Waals surface area contributed by atoms with Gasteiger partial charge in [0.2, 0.25) is 88.6 Å². The molecule has 3 fully saturated rings. The first-order chi connectivity index (χ1) is 64.4. The zero-order chi connectivity index (χ0) is 98.4. The number of aromatic amines is 3. The monoisotopic (exact) mass is 1890 g/mol. The molecule has 21 N–H and O–H groups in total. The van der Waals surface area contributed by atoms with Crippen LogP contribution in [0.3, 0.4) is 0 Å². The van der Waals surface area contributed by atoms with Crippen molar-refractivity contribution in [2.75, 3.05) is 65.4 Å². The highest BCUT2D eigenvalue weighted by molar-refractivity contribution is 8.00. The number of benzene rings is 2. The number of aliphatic hydroxyl groups is 2. The quantitative estimate of drug-likeness (QED) is 0.0175. The summed E-state index contributed by atoms with van der Waals surface area (Å²) in [4.78, 5) is 274. The molecule has 6 aromatic rings. The van der Waals surface area contributed by atoms with Crippen LogP contribution < -0.4 is 65.1 Å². The summed E-state index contributed by atoms with van der Waals surface area (Å²) in [6, 6.07) is -0.577. The van der Waals surface area contributed by atoms with E-state index in [4.69, 9.17) is 22.6 Å². The van der Waals surface area contributed by atoms with Crippen LogP contribution in [0.15, 0.2) is 98.0 Å². The van der Waals surface area contributed by atoms with Gasteiger partial charge in [0.15, 0.2) is 17.5 Å². The second kappa shape index (κ2) is 50.8. The van der Waals surface area contributed by atoms with Gasteiger partial charge in [0.1, 0.15) is 66.5 Å². The highest BCUT2D eigenvalue weighted by Gasteiger charge is 2.47. The van der Waals surface area contributed by atoms with Crippen LogP contribution in [0.4, 0.5) is 0 Å². The molecule has 2 aromatic carbocycles. The normalized spacial score (nSPS) is 24.9. The van der Waals surface area contributed by atoms with Crippen molar-refractivity contribution in [2.24, 2.45) is 35.0 Å². The van der Waals surface area contributed by atoms with E-state index in [9.17, 15) is 53.4 Å². The molecule has 9 rings (SSSR count). The molecular formula is C92H129N23O19S. The number of primary amides is 2. The van der Waals surface area contributed by atoms with Gasteiger partial charge in [0.05, 0.1) is 43.8 Å². The predicted molar refractivity (Wildman–Crippen MR) is 498 cm³/mol. The Morgan fingerprint density at radius 1 is 0.570 bits per heavy atom. The van der Waals surface area contributed by atoms with E-state index < -0.39 is 247 Å². The van der Waals surface area contributed by atoms with Crippen molar-refractivity contribution in [1.29, 1.82) is 5.41 Å². The van der Waals surface area contributed by atoms with E-state index in [1.165, 1.54) is 62.8 Å². The Morgan fingerprint density at radius 2 is 1.16 bits per heavy atom. The van der Waals surface area contributed by atoms with Crippen LogP contribution in [0, 0.1) is 23.2 Å². The molecule has 732 valence electrons. The lowest BCUT2D eigenvalue weighted by Gasteiger charge is -2.36. The fourth-order valence-electron chi connectivity index (χ4n) is 17.2. The van der Waals surface area contributed by atoms with E-state index in [1.54, 1.807) is 74.8 Å². The molecule has 0 bridgehead atoms. The van der Waals surface area contributed by atoms with Crippen LogP contribution >= 0.6 is 11.8 Å². The molecule has 0 spiro atoms. The van der Waals surface area contributed by atoms with E-state index in [2.05, 4.69) is 72.8 Å². The molecule has 0 saturated carbocycles. The average Bonchev–Trinajstić information content (AvgIpc) is 1.72. The van der Waals surface area contributed by atoms with Crippen molar-refractivity contribution >= 4 is 140 Å². The summed E-state index contributed by atoms with van der Waals surface area (Å²) < 4.78 is 0. The minimum Gasteiger partial charge on any atom is -0.394 e. The first-order valence-corrected chi connectivity index (χ1v) is 46.9. The highest BCUT2D eigenvalue weighted by Crippen LogP contribution is 2.31. The first kappa shape index (κ1) is 106. The number of pyridine rings is 1. The summed E-state index contributed by atoms with van der Waals surface area (Å²) in [5, 5.41) is 55.9. The fraction of sp³-hybridized carbons (Fsp3) is 0.543. The third-order valence-corrected chi connectivity index (χ3v) is 25.8. The summed E-state index contributed by atoms with van der Waals surface area (Å²) in [5.41, 5.74) is 20.1. The maximum atomic E-state index is 15.8. The Kier molecular flexibility index (Phi) is 39.7. The fourth-order valence-corrected chi connectivity index (χ4v) is 18.1. The molecule has 3 aliphatic rings. The van der Waals surface area contributed by atoms with Crippen molar-refractivity contribution in [2.45, 2.75) is 235 Å². The molecule has 0 unspecified atom stereocenters. The summed E-state index contributed by atoms with van der Waals surface area (Å²) in [6.45, 7) is 6.30. The third-order valence-electron chi connectivity index (χ3n) is 24.7. The van der Waals surface area contributed by atoms with Crippen molar-refractivity contribution in [1.82, 2.24) is 97.3 Å². The Labute approximate surface area is 786 Å². The van der Waals surface area contributed by atoms with Gasteiger partial charge >= 0.3 is 0 Å².